The summed E-state index contributed by atoms with van der Waals surface area (Å²) in [6.07, 6.45) is 5.00. The largest absolute Gasteiger partial charge is 0.259 e. The Morgan fingerprint density at radius 1 is 1.64 bits per heavy atom. The summed E-state index contributed by atoms with van der Waals surface area (Å²) in [6.45, 7) is 0. The van der Waals surface area contributed by atoms with Crippen LogP contribution in [0.4, 0.5) is 0 Å². The van der Waals surface area contributed by atoms with Crippen LogP contribution in [0, 0.1) is 10.1 Å². The number of hydrogen-bond acceptors (Lipinski definition) is 4. The van der Waals surface area contributed by atoms with Crippen LogP contribution in [0.3, 0.4) is 0 Å². The summed E-state index contributed by atoms with van der Waals surface area (Å²) in [5.74, 6) is 0. The fourth-order valence-corrected chi connectivity index (χ4v) is 0.537. The maximum atomic E-state index is 9.85. The van der Waals surface area contributed by atoms with Crippen LogP contribution < -0.4 is 0 Å². The lowest BCUT2D eigenvalue weighted by Crippen LogP contribution is -1.84. The molecular weight excluding hydrogens is 146 g/mol. The molecule has 1 rings (SSSR count). The number of nitrogens with zero attached hydrogens (tertiary/aromatic N) is 3. The molecule has 1 aromatic heterocycles. The van der Waals surface area contributed by atoms with E-state index in [1.165, 1.54) is 18.6 Å². The molecule has 0 N–H and O–H groups in total. The molecular formula is C6H5N3O2. The number of hydrogen-bond donors (Lipinski definition) is 0. The molecule has 0 aromatic carbocycles. The molecule has 0 bridgehead atoms. The van der Waals surface area contributed by atoms with Crippen LogP contribution in [0.5, 0.6) is 0 Å². The zero-order valence-electron chi connectivity index (χ0n) is 5.54. The number of aromatic nitrogens is 2. The predicted molar refractivity (Wildman–Crippen MR) is 38.1 cm³/mol. The molecule has 0 spiro atoms. The first-order chi connectivity index (χ1) is 5.29. The molecule has 0 saturated carbocycles. The highest BCUT2D eigenvalue weighted by Gasteiger charge is 1.88. The smallest absolute Gasteiger partial charge is 0.236 e. The van der Waals surface area contributed by atoms with Crippen molar-refractivity contribution in [3.63, 3.8) is 0 Å². The molecule has 0 unspecified atom stereocenters. The van der Waals surface area contributed by atoms with Crippen LogP contribution in [0.1, 0.15) is 5.69 Å². The second kappa shape index (κ2) is 3.40. The molecule has 5 nitrogen and oxygen atoms in total. The highest BCUT2D eigenvalue weighted by Crippen LogP contribution is 1.93. The third-order valence-corrected chi connectivity index (χ3v) is 0.972. The lowest BCUT2D eigenvalue weighted by Gasteiger charge is -1.85. The Bertz CT molecular complexity index is 270. The average molecular weight is 151 g/mol. The summed E-state index contributed by atoms with van der Waals surface area (Å²) in [6, 6.07) is 1.58. The van der Waals surface area contributed by atoms with Crippen molar-refractivity contribution in [1.82, 2.24) is 9.97 Å². The van der Waals surface area contributed by atoms with Crippen LogP contribution in [0.25, 0.3) is 6.08 Å². The maximum Gasteiger partial charge on any atom is 0.236 e. The normalized spacial score (nSPS) is 10.2. The topological polar surface area (TPSA) is 68.9 Å². The summed E-state index contributed by atoms with van der Waals surface area (Å²) in [5, 5.41) is 9.85. The molecule has 0 saturated heterocycles. The summed E-state index contributed by atoms with van der Waals surface area (Å²) < 4.78 is 0. The van der Waals surface area contributed by atoms with Crippen LogP contribution in [0.2, 0.25) is 0 Å². The molecule has 0 amide bonds. The van der Waals surface area contributed by atoms with Crippen molar-refractivity contribution in [2.75, 3.05) is 0 Å². The Morgan fingerprint density at radius 3 is 3.00 bits per heavy atom. The van der Waals surface area contributed by atoms with E-state index >= 15 is 0 Å². The van der Waals surface area contributed by atoms with Crippen LogP contribution in [0.15, 0.2) is 24.8 Å². The summed E-state index contributed by atoms with van der Waals surface area (Å²) >= 11 is 0. The quantitative estimate of drug-likeness (QED) is 0.461. The molecule has 0 aliphatic carbocycles. The van der Waals surface area contributed by atoms with Crippen molar-refractivity contribution < 1.29 is 4.92 Å². The van der Waals surface area contributed by atoms with Gasteiger partial charge in [0.1, 0.15) is 6.33 Å². The van der Waals surface area contributed by atoms with Crippen molar-refractivity contribution in [2.24, 2.45) is 0 Å². The minimum absolute atomic E-state index is 0.525. The average Bonchev–Trinajstić information content (AvgIpc) is 2.03. The van der Waals surface area contributed by atoms with E-state index in [4.69, 9.17) is 0 Å². The highest BCUT2D eigenvalue weighted by atomic mass is 16.6. The lowest BCUT2D eigenvalue weighted by molar-refractivity contribution is -0.401. The van der Waals surface area contributed by atoms with Crippen LogP contribution in [-0.2, 0) is 0 Å². The van der Waals surface area contributed by atoms with Gasteiger partial charge in [-0.15, -0.1) is 0 Å². The van der Waals surface area contributed by atoms with Gasteiger partial charge < -0.3 is 0 Å². The van der Waals surface area contributed by atoms with Gasteiger partial charge in [-0.05, 0) is 6.07 Å². The fourth-order valence-electron chi connectivity index (χ4n) is 0.537. The van der Waals surface area contributed by atoms with Crippen molar-refractivity contribution in [2.45, 2.75) is 0 Å². The molecule has 0 aliphatic heterocycles. The lowest BCUT2D eigenvalue weighted by atomic mass is 10.4. The number of rotatable bonds is 2. The van der Waals surface area contributed by atoms with Crippen molar-refractivity contribution in [3.8, 4) is 0 Å². The van der Waals surface area contributed by atoms with E-state index in [9.17, 15) is 10.1 Å². The third-order valence-electron chi connectivity index (χ3n) is 0.972. The van der Waals surface area contributed by atoms with E-state index in [2.05, 4.69) is 9.97 Å². The minimum Gasteiger partial charge on any atom is -0.259 e. The second-order valence-corrected chi connectivity index (χ2v) is 1.74. The molecule has 1 heterocycles. The van der Waals surface area contributed by atoms with E-state index in [0.717, 1.165) is 6.20 Å². The van der Waals surface area contributed by atoms with Gasteiger partial charge in [-0.1, -0.05) is 0 Å². The Morgan fingerprint density at radius 2 is 2.45 bits per heavy atom. The SMILES string of the molecule is O=[N+]([O-])C=Cc1ccncn1. The Balaban J connectivity index is 2.72. The highest BCUT2D eigenvalue weighted by molar-refractivity contribution is 5.41. The Hall–Kier alpha value is -1.78. The zero-order chi connectivity index (χ0) is 8.10. The van der Waals surface area contributed by atoms with Gasteiger partial charge in [-0.2, -0.15) is 0 Å². The van der Waals surface area contributed by atoms with Crippen molar-refractivity contribution in [3.05, 3.63) is 40.6 Å². The summed E-state index contributed by atoms with van der Waals surface area (Å²) in [5.41, 5.74) is 0.525. The molecule has 0 atom stereocenters. The summed E-state index contributed by atoms with van der Waals surface area (Å²) in [7, 11) is 0. The predicted octanol–water partition coefficient (Wildman–Crippen LogP) is 0.724. The van der Waals surface area contributed by atoms with Crippen molar-refractivity contribution in [1.29, 1.82) is 0 Å². The minimum atomic E-state index is -0.540. The molecule has 11 heavy (non-hydrogen) atoms. The summed E-state index contributed by atoms with van der Waals surface area (Å²) in [4.78, 5) is 16.7. The molecule has 1 aromatic rings. The van der Waals surface area contributed by atoms with Gasteiger partial charge in [-0.3, -0.25) is 10.1 Å². The zero-order valence-corrected chi connectivity index (χ0v) is 5.54. The van der Waals surface area contributed by atoms with Gasteiger partial charge in [-0.25, -0.2) is 9.97 Å². The monoisotopic (exact) mass is 151 g/mol. The van der Waals surface area contributed by atoms with Gasteiger partial charge in [0.2, 0.25) is 6.20 Å². The second-order valence-electron chi connectivity index (χ2n) is 1.74. The first kappa shape index (κ1) is 7.33. The van der Waals surface area contributed by atoms with Gasteiger partial charge in [0.15, 0.2) is 0 Å². The fraction of sp³-hybridized carbons (Fsp3) is 0. The van der Waals surface area contributed by atoms with Gasteiger partial charge in [0.05, 0.1) is 10.6 Å². The van der Waals surface area contributed by atoms with Crippen molar-refractivity contribution >= 4 is 6.08 Å². The first-order valence-electron chi connectivity index (χ1n) is 2.87. The van der Waals surface area contributed by atoms with E-state index < -0.39 is 4.92 Å². The van der Waals surface area contributed by atoms with Gasteiger partial charge in [0, 0.05) is 12.3 Å². The van der Waals surface area contributed by atoms with E-state index in [1.807, 2.05) is 0 Å². The maximum absolute atomic E-state index is 9.85. The third kappa shape index (κ3) is 2.53. The molecule has 5 heteroatoms. The molecule has 56 valence electrons. The van der Waals surface area contributed by atoms with Gasteiger partial charge in [0.25, 0.3) is 0 Å². The van der Waals surface area contributed by atoms with E-state index in [0.29, 0.717) is 5.69 Å². The van der Waals surface area contributed by atoms with Crippen LogP contribution >= 0.6 is 0 Å². The van der Waals surface area contributed by atoms with E-state index in [-0.39, 0.29) is 0 Å². The first-order valence-corrected chi connectivity index (χ1v) is 2.87. The molecule has 0 radical (unpaired) electrons. The van der Waals surface area contributed by atoms with Gasteiger partial charge >= 0.3 is 0 Å². The Labute approximate surface area is 62.6 Å². The van der Waals surface area contributed by atoms with E-state index in [1.54, 1.807) is 6.07 Å². The standard InChI is InChI=1S/C6H5N3O2/c10-9(11)4-2-6-1-3-7-5-8-6/h1-5H. The van der Waals surface area contributed by atoms with Crippen LogP contribution in [-0.4, -0.2) is 14.9 Å². The Kier molecular flexibility index (Phi) is 2.27. The number of nitro groups is 1. The molecule has 0 aliphatic rings. The molecule has 0 fully saturated rings.